The van der Waals surface area contributed by atoms with Gasteiger partial charge in [-0.05, 0) is 25.7 Å². The Morgan fingerprint density at radius 3 is 1.95 bits per heavy atom. The Balaban J connectivity index is 1.95. The zero-order valence-electron chi connectivity index (χ0n) is 12.6. The Hall–Kier alpha value is -1.04. The highest BCUT2D eigenvalue weighted by Gasteiger charge is 2.39. The van der Waals surface area contributed by atoms with Crippen LogP contribution in [0, 0.1) is 16.7 Å². The molecule has 0 aromatic rings. The molecule has 20 heavy (non-hydrogen) atoms. The highest BCUT2D eigenvalue weighted by atomic mass is 16.2. The second-order valence-electron chi connectivity index (χ2n) is 6.62. The molecule has 0 aromatic carbocycles. The minimum absolute atomic E-state index is 0.0208. The van der Waals surface area contributed by atoms with E-state index in [1.54, 1.807) is 0 Å². The lowest BCUT2D eigenvalue weighted by Gasteiger charge is -2.28. The average molecular weight is 276 g/mol. The molecule has 0 aliphatic heterocycles. The fourth-order valence-corrected chi connectivity index (χ4v) is 3.65. The van der Waals surface area contributed by atoms with E-state index in [0.717, 1.165) is 38.5 Å². The van der Waals surface area contributed by atoms with Crippen molar-refractivity contribution < 1.29 is 4.79 Å². The summed E-state index contributed by atoms with van der Waals surface area (Å²) in [6.45, 7) is 0. The van der Waals surface area contributed by atoms with Crippen molar-refractivity contribution >= 4 is 5.91 Å². The van der Waals surface area contributed by atoms with E-state index in [4.69, 9.17) is 0 Å². The summed E-state index contributed by atoms with van der Waals surface area (Å²) < 4.78 is 0. The van der Waals surface area contributed by atoms with Gasteiger partial charge in [-0.25, -0.2) is 0 Å². The Morgan fingerprint density at radius 2 is 1.40 bits per heavy atom. The summed E-state index contributed by atoms with van der Waals surface area (Å²) in [6, 6.07) is 2.66. The fourth-order valence-electron chi connectivity index (χ4n) is 3.65. The number of carbonyl (C=O) groups is 1. The first-order valence-corrected chi connectivity index (χ1v) is 8.49. The van der Waals surface area contributed by atoms with Crippen molar-refractivity contribution in [2.75, 3.05) is 0 Å². The number of nitriles is 1. The number of carbonyl (C=O) groups excluding carboxylic acids is 1. The second kappa shape index (κ2) is 7.67. The number of hydrogen-bond donors (Lipinski definition) is 1. The summed E-state index contributed by atoms with van der Waals surface area (Å²) in [4.78, 5) is 12.6. The van der Waals surface area contributed by atoms with Crippen LogP contribution in [0.4, 0.5) is 0 Å². The summed E-state index contributed by atoms with van der Waals surface area (Å²) in [5.74, 6) is 0.0208. The summed E-state index contributed by atoms with van der Waals surface area (Å²) in [5, 5.41) is 12.8. The number of nitrogens with one attached hydrogen (secondary N) is 1. The molecule has 0 heterocycles. The number of hydrogen-bond acceptors (Lipinski definition) is 2. The molecular formula is C17H28N2O. The lowest BCUT2D eigenvalue weighted by atomic mass is 9.80. The van der Waals surface area contributed by atoms with E-state index in [2.05, 4.69) is 11.4 Å². The third-order valence-corrected chi connectivity index (χ3v) is 5.05. The predicted molar refractivity (Wildman–Crippen MR) is 80.0 cm³/mol. The van der Waals surface area contributed by atoms with Crippen LogP contribution in [0.2, 0.25) is 0 Å². The van der Waals surface area contributed by atoms with E-state index < -0.39 is 5.41 Å². The Labute approximate surface area is 123 Å². The van der Waals surface area contributed by atoms with E-state index >= 15 is 0 Å². The molecule has 0 unspecified atom stereocenters. The van der Waals surface area contributed by atoms with E-state index in [-0.39, 0.29) is 5.91 Å². The standard InChI is InChI=1S/C17H28N2O/c18-14-17(12-8-4-5-9-13-17)16(20)19-15-10-6-2-1-3-7-11-15/h15H,1-13H2,(H,19,20). The minimum Gasteiger partial charge on any atom is -0.352 e. The zero-order chi connectivity index (χ0) is 14.3. The Morgan fingerprint density at radius 1 is 0.900 bits per heavy atom. The topological polar surface area (TPSA) is 52.9 Å². The smallest absolute Gasteiger partial charge is 0.240 e. The van der Waals surface area contributed by atoms with Crippen molar-refractivity contribution in [1.82, 2.24) is 5.32 Å². The molecule has 2 rings (SSSR count). The quantitative estimate of drug-likeness (QED) is 0.773. The van der Waals surface area contributed by atoms with E-state index in [9.17, 15) is 10.1 Å². The van der Waals surface area contributed by atoms with Crippen LogP contribution in [-0.2, 0) is 4.79 Å². The molecule has 2 saturated carbocycles. The molecule has 0 bridgehead atoms. The van der Waals surface area contributed by atoms with Gasteiger partial charge >= 0.3 is 0 Å². The van der Waals surface area contributed by atoms with Crippen LogP contribution in [0.25, 0.3) is 0 Å². The molecule has 0 aromatic heterocycles. The van der Waals surface area contributed by atoms with E-state index in [1.807, 2.05) is 0 Å². The van der Waals surface area contributed by atoms with Gasteiger partial charge < -0.3 is 5.32 Å². The van der Waals surface area contributed by atoms with Gasteiger partial charge in [-0.3, -0.25) is 4.79 Å². The normalized spacial score (nSPS) is 24.8. The van der Waals surface area contributed by atoms with Gasteiger partial charge in [0.1, 0.15) is 5.41 Å². The van der Waals surface area contributed by atoms with Crippen LogP contribution >= 0.6 is 0 Å². The molecule has 1 amide bonds. The molecule has 0 atom stereocenters. The largest absolute Gasteiger partial charge is 0.352 e. The number of nitrogens with zero attached hydrogens (tertiary/aromatic N) is 1. The monoisotopic (exact) mass is 276 g/mol. The highest BCUT2D eigenvalue weighted by molar-refractivity contribution is 5.85. The van der Waals surface area contributed by atoms with Crippen LogP contribution in [0.5, 0.6) is 0 Å². The van der Waals surface area contributed by atoms with Gasteiger partial charge in [-0.15, -0.1) is 0 Å². The summed E-state index contributed by atoms with van der Waals surface area (Å²) in [6.07, 6.45) is 14.4. The van der Waals surface area contributed by atoms with Crippen LogP contribution in [0.1, 0.15) is 83.5 Å². The molecule has 0 spiro atoms. The van der Waals surface area contributed by atoms with Gasteiger partial charge in [-0.1, -0.05) is 57.8 Å². The molecule has 2 fully saturated rings. The molecule has 112 valence electrons. The zero-order valence-corrected chi connectivity index (χ0v) is 12.6. The van der Waals surface area contributed by atoms with Crippen molar-refractivity contribution in [2.24, 2.45) is 5.41 Å². The summed E-state index contributed by atoms with van der Waals surface area (Å²) in [5.41, 5.74) is -0.737. The molecule has 0 radical (unpaired) electrons. The van der Waals surface area contributed by atoms with Crippen molar-refractivity contribution in [2.45, 2.75) is 89.5 Å². The predicted octanol–water partition coefficient (Wildman–Crippen LogP) is 4.08. The van der Waals surface area contributed by atoms with Crippen LogP contribution < -0.4 is 5.32 Å². The van der Waals surface area contributed by atoms with Crippen molar-refractivity contribution in [1.29, 1.82) is 5.26 Å². The fraction of sp³-hybridized carbons (Fsp3) is 0.882. The van der Waals surface area contributed by atoms with Crippen molar-refractivity contribution in [3.8, 4) is 6.07 Å². The molecule has 3 heteroatoms. The van der Waals surface area contributed by atoms with Gasteiger partial charge in [0.15, 0.2) is 0 Å². The van der Waals surface area contributed by atoms with Gasteiger partial charge in [0, 0.05) is 6.04 Å². The minimum atomic E-state index is -0.737. The molecule has 2 aliphatic rings. The average Bonchev–Trinajstić information content (AvgIpc) is 2.68. The Bertz CT molecular complexity index is 342. The van der Waals surface area contributed by atoms with E-state index in [0.29, 0.717) is 6.04 Å². The molecular weight excluding hydrogens is 248 g/mol. The molecule has 3 nitrogen and oxygen atoms in total. The third kappa shape index (κ3) is 3.98. The van der Waals surface area contributed by atoms with Gasteiger partial charge in [-0.2, -0.15) is 5.26 Å². The first kappa shape index (κ1) is 15.4. The number of rotatable bonds is 2. The molecule has 2 aliphatic carbocycles. The molecule has 0 saturated heterocycles. The maximum Gasteiger partial charge on any atom is 0.240 e. The maximum absolute atomic E-state index is 12.6. The SMILES string of the molecule is N#CC1(C(=O)NC2CCCCCCC2)CCCCCC1. The van der Waals surface area contributed by atoms with Crippen molar-refractivity contribution in [3.05, 3.63) is 0 Å². The second-order valence-corrected chi connectivity index (χ2v) is 6.62. The van der Waals surface area contributed by atoms with Crippen LogP contribution in [0.3, 0.4) is 0 Å². The lowest BCUT2D eigenvalue weighted by Crippen LogP contribution is -2.45. The first-order chi connectivity index (χ1) is 9.77. The van der Waals surface area contributed by atoms with Crippen molar-refractivity contribution in [3.63, 3.8) is 0 Å². The van der Waals surface area contributed by atoms with Gasteiger partial charge in [0.2, 0.25) is 5.91 Å². The lowest BCUT2D eigenvalue weighted by molar-refractivity contribution is -0.129. The summed E-state index contributed by atoms with van der Waals surface area (Å²) in [7, 11) is 0. The Kier molecular flexibility index (Phi) is 5.88. The first-order valence-electron chi connectivity index (χ1n) is 8.49. The van der Waals surface area contributed by atoms with Crippen LogP contribution in [0.15, 0.2) is 0 Å². The van der Waals surface area contributed by atoms with Gasteiger partial charge in [0.05, 0.1) is 6.07 Å². The number of amides is 1. The highest BCUT2D eigenvalue weighted by Crippen LogP contribution is 2.35. The molecule has 1 N–H and O–H groups in total. The summed E-state index contributed by atoms with van der Waals surface area (Å²) >= 11 is 0. The third-order valence-electron chi connectivity index (χ3n) is 5.05. The van der Waals surface area contributed by atoms with Gasteiger partial charge in [0.25, 0.3) is 0 Å². The van der Waals surface area contributed by atoms with E-state index in [1.165, 1.54) is 44.9 Å². The maximum atomic E-state index is 12.6. The van der Waals surface area contributed by atoms with Crippen LogP contribution in [-0.4, -0.2) is 11.9 Å².